The summed E-state index contributed by atoms with van der Waals surface area (Å²) in [6, 6.07) is 1.65. The molecule has 0 bridgehead atoms. The van der Waals surface area contributed by atoms with Gasteiger partial charge in [0, 0.05) is 19.0 Å². The molecule has 1 aromatic heterocycles. The number of aromatic nitrogens is 2. The number of anilines is 2. The molecule has 82 valence electrons. The molecule has 0 aliphatic heterocycles. The number of amides is 1. The van der Waals surface area contributed by atoms with Crippen molar-refractivity contribution in [3.8, 4) is 0 Å². The number of nitrogens with zero attached hydrogens (tertiary/aromatic N) is 2. The van der Waals surface area contributed by atoms with E-state index in [0.717, 1.165) is 0 Å². The Bertz CT molecular complexity index is 353. The van der Waals surface area contributed by atoms with Crippen LogP contribution < -0.4 is 22.3 Å². The normalized spacial score (nSPS) is 9.73. The van der Waals surface area contributed by atoms with Gasteiger partial charge in [-0.1, -0.05) is 0 Å². The molecule has 7 nitrogen and oxygen atoms in total. The molecular weight excluding hydrogens is 196 g/mol. The lowest BCUT2D eigenvalue weighted by Gasteiger charge is -2.06. The molecule has 0 aliphatic carbocycles. The lowest BCUT2D eigenvalue weighted by Crippen LogP contribution is -2.17. The van der Waals surface area contributed by atoms with E-state index in [1.807, 2.05) is 0 Å². The first-order chi connectivity index (χ1) is 7.11. The molecule has 15 heavy (non-hydrogen) atoms. The van der Waals surface area contributed by atoms with Crippen molar-refractivity contribution in [2.75, 3.05) is 17.3 Å². The van der Waals surface area contributed by atoms with Crippen molar-refractivity contribution >= 4 is 17.5 Å². The maximum Gasteiger partial charge on any atom is 0.219 e. The van der Waals surface area contributed by atoms with E-state index in [0.29, 0.717) is 24.0 Å². The fourth-order valence-corrected chi connectivity index (χ4v) is 1.05. The number of nitrogens with one attached hydrogen (secondary N) is 2. The molecule has 0 fully saturated rings. The number of nitrogens with two attached hydrogens (primary N) is 2. The number of rotatable bonds is 5. The number of carbonyl (C=O) groups is 1. The van der Waals surface area contributed by atoms with Crippen molar-refractivity contribution in [2.24, 2.45) is 11.6 Å². The quantitative estimate of drug-likeness (QED) is 0.379. The zero-order chi connectivity index (χ0) is 11.3. The van der Waals surface area contributed by atoms with Crippen LogP contribution in [0.15, 0.2) is 6.07 Å². The highest BCUT2D eigenvalue weighted by atomic mass is 16.1. The van der Waals surface area contributed by atoms with Crippen LogP contribution in [0.4, 0.5) is 11.6 Å². The molecule has 7 heteroatoms. The van der Waals surface area contributed by atoms with Crippen LogP contribution in [0.1, 0.15) is 12.2 Å². The van der Waals surface area contributed by atoms with Gasteiger partial charge in [-0.25, -0.2) is 15.8 Å². The second-order valence-corrected chi connectivity index (χ2v) is 2.97. The molecular formula is C8H14N6O. The summed E-state index contributed by atoms with van der Waals surface area (Å²) in [7, 11) is 0. The van der Waals surface area contributed by atoms with Gasteiger partial charge in [-0.2, -0.15) is 0 Å². The van der Waals surface area contributed by atoms with E-state index in [9.17, 15) is 4.79 Å². The maximum atomic E-state index is 10.5. The van der Waals surface area contributed by atoms with Gasteiger partial charge >= 0.3 is 0 Å². The van der Waals surface area contributed by atoms with Crippen LogP contribution in [0.3, 0.4) is 0 Å². The summed E-state index contributed by atoms with van der Waals surface area (Å²) < 4.78 is 0. The number of hydrogen-bond donors (Lipinski definition) is 4. The zero-order valence-electron chi connectivity index (χ0n) is 8.45. The summed E-state index contributed by atoms with van der Waals surface area (Å²) in [5.41, 5.74) is 7.42. The molecule has 1 amide bonds. The first-order valence-electron chi connectivity index (χ1n) is 4.46. The summed E-state index contributed by atoms with van der Waals surface area (Å²) in [6.45, 7) is 2.19. The number of hydrogen-bond acceptors (Lipinski definition) is 6. The molecule has 0 atom stereocenters. The van der Waals surface area contributed by atoms with E-state index in [-0.39, 0.29) is 12.3 Å². The van der Waals surface area contributed by atoms with Crippen LogP contribution in [0.5, 0.6) is 0 Å². The molecule has 1 heterocycles. The van der Waals surface area contributed by atoms with E-state index in [4.69, 9.17) is 11.6 Å². The Balaban J connectivity index is 2.60. The van der Waals surface area contributed by atoms with Crippen molar-refractivity contribution in [1.82, 2.24) is 9.97 Å². The Labute approximate surface area is 87.2 Å². The molecule has 1 aromatic rings. The van der Waals surface area contributed by atoms with Crippen LogP contribution in [0, 0.1) is 6.92 Å². The predicted octanol–water partition coefficient (Wildman–Crippen LogP) is -0.642. The Morgan fingerprint density at radius 3 is 2.73 bits per heavy atom. The molecule has 0 aliphatic rings. The third kappa shape index (κ3) is 3.77. The monoisotopic (exact) mass is 210 g/mol. The van der Waals surface area contributed by atoms with Crippen LogP contribution >= 0.6 is 0 Å². The van der Waals surface area contributed by atoms with Crippen molar-refractivity contribution in [2.45, 2.75) is 13.3 Å². The fourth-order valence-electron chi connectivity index (χ4n) is 1.05. The van der Waals surface area contributed by atoms with Crippen molar-refractivity contribution in [3.63, 3.8) is 0 Å². The third-order valence-corrected chi connectivity index (χ3v) is 1.66. The first-order valence-corrected chi connectivity index (χ1v) is 4.46. The smallest absolute Gasteiger partial charge is 0.219 e. The number of hydrazine groups is 1. The van der Waals surface area contributed by atoms with E-state index in [1.165, 1.54) is 0 Å². The number of aryl methyl sites for hydroxylation is 1. The van der Waals surface area contributed by atoms with Crippen molar-refractivity contribution in [1.29, 1.82) is 0 Å². The molecule has 0 saturated heterocycles. The molecule has 0 saturated carbocycles. The molecule has 0 unspecified atom stereocenters. The largest absolute Gasteiger partial charge is 0.370 e. The standard InChI is InChI=1S/C8H14N6O/c1-5-12-7(4-8(13-5)14-10)11-3-2-6(9)15/h4H,2-3,10H2,1H3,(H2,9,15)(H2,11,12,13,14). The topological polar surface area (TPSA) is 119 Å². The average Bonchev–Trinajstić information content (AvgIpc) is 2.16. The van der Waals surface area contributed by atoms with Crippen molar-refractivity contribution < 1.29 is 4.79 Å². The van der Waals surface area contributed by atoms with Crippen LogP contribution in [-0.2, 0) is 4.79 Å². The highest BCUT2D eigenvalue weighted by Crippen LogP contribution is 2.09. The zero-order valence-corrected chi connectivity index (χ0v) is 8.45. The first kappa shape index (κ1) is 11.2. The maximum absolute atomic E-state index is 10.5. The van der Waals surface area contributed by atoms with E-state index in [2.05, 4.69) is 20.7 Å². The SMILES string of the molecule is Cc1nc(NN)cc(NCCC(N)=O)n1. The Kier molecular flexibility index (Phi) is 3.81. The van der Waals surface area contributed by atoms with E-state index < -0.39 is 0 Å². The summed E-state index contributed by atoms with van der Waals surface area (Å²) in [5, 5.41) is 2.94. The van der Waals surface area contributed by atoms with Gasteiger partial charge in [0.1, 0.15) is 17.5 Å². The van der Waals surface area contributed by atoms with Gasteiger partial charge in [0.15, 0.2) is 0 Å². The second kappa shape index (κ2) is 5.11. The van der Waals surface area contributed by atoms with Crippen LogP contribution in [-0.4, -0.2) is 22.4 Å². The Morgan fingerprint density at radius 2 is 2.13 bits per heavy atom. The molecule has 1 rings (SSSR count). The Hall–Kier alpha value is -1.89. The van der Waals surface area contributed by atoms with E-state index in [1.54, 1.807) is 13.0 Å². The van der Waals surface area contributed by atoms with Gasteiger partial charge in [-0.15, -0.1) is 0 Å². The van der Waals surface area contributed by atoms with Gasteiger partial charge < -0.3 is 16.5 Å². The lowest BCUT2D eigenvalue weighted by atomic mass is 10.4. The second-order valence-electron chi connectivity index (χ2n) is 2.97. The van der Waals surface area contributed by atoms with Gasteiger partial charge in [-0.05, 0) is 6.92 Å². The fraction of sp³-hybridized carbons (Fsp3) is 0.375. The molecule has 0 radical (unpaired) electrons. The Morgan fingerprint density at radius 1 is 1.47 bits per heavy atom. The summed E-state index contributed by atoms with van der Waals surface area (Å²) in [4.78, 5) is 18.6. The summed E-state index contributed by atoms with van der Waals surface area (Å²) in [6.07, 6.45) is 0.258. The molecule has 6 N–H and O–H groups in total. The number of carbonyl (C=O) groups excluding carboxylic acids is 1. The minimum Gasteiger partial charge on any atom is -0.370 e. The van der Waals surface area contributed by atoms with Gasteiger partial charge in [0.05, 0.1) is 0 Å². The third-order valence-electron chi connectivity index (χ3n) is 1.66. The summed E-state index contributed by atoms with van der Waals surface area (Å²) >= 11 is 0. The minimum absolute atomic E-state index is 0.258. The van der Waals surface area contributed by atoms with Gasteiger partial charge in [-0.3, -0.25) is 4.79 Å². The van der Waals surface area contributed by atoms with Crippen LogP contribution in [0.2, 0.25) is 0 Å². The number of nitrogen functional groups attached to an aromatic ring is 1. The van der Waals surface area contributed by atoms with Crippen molar-refractivity contribution in [3.05, 3.63) is 11.9 Å². The minimum atomic E-state index is -0.356. The lowest BCUT2D eigenvalue weighted by molar-refractivity contribution is -0.117. The summed E-state index contributed by atoms with van der Waals surface area (Å²) in [5.74, 6) is 6.58. The molecule has 0 spiro atoms. The van der Waals surface area contributed by atoms with E-state index >= 15 is 0 Å². The highest BCUT2D eigenvalue weighted by molar-refractivity contribution is 5.74. The van der Waals surface area contributed by atoms with Gasteiger partial charge in [0.2, 0.25) is 5.91 Å². The molecule has 0 aromatic carbocycles. The number of primary amides is 1. The predicted molar refractivity (Wildman–Crippen MR) is 56.9 cm³/mol. The van der Waals surface area contributed by atoms with Crippen LogP contribution in [0.25, 0.3) is 0 Å². The highest BCUT2D eigenvalue weighted by Gasteiger charge is 2.00. The van der Waals surface area contributed by atoms with Gasteiger partial charge in [0.25, 0.3) is 0 Å². The average molecular weight is 210 g/mol.